The number of ether oxygens (including phenoxy) is 1. The van der Waals surface area contributed by atoms with E-state index in [1.54, 1.807) is 0 Å². The summed E-state index contributed by atoms with van der Waals surface area (Å²) in [5.41, 5.74) is 2.98. The maximum atomic E-state index is 12.2. The summed E-state index contributed by atoms with van der Waals surface area (Å²) in [7, 11) is 0. The van der Waals surface area contributed by atoms with Gasteiger partial charge in [-0.3, -0.25) is 4.79 Å². The Morgan fingerprint density at radius 1 is 1.15 bits per heavy atom. The lowest BCUT2D eigenvalue weighted by Crippen LogP contribution is -2.12. The second-order valence-corrected chi connectivity index (χ2v) is 7.70. The molecule has 140 valence electrons. The molecule has 0 fully saturated rings. The highest BCUT2D eigenvalue weighted by Crippen LogP contribution is 2.31. The van der Waals surface area contributed by atoms with Crippen molar-refractivity contribution in [3.63, 3.8) is 0 Å². The third-order valence-corrected chi connectivity index (χ3v) is 5.17. The van der Waals surface area contributed by atoms with Crippen LogP contribution in [0, 0.1) is 6.92 Å². The highest BCUT2D eigenvalue weighted by molar-refractivity contribution is 7.16. The summed E-state index contributed by atoms with van der Waals surface area (Å²) in [6, 6.07) is 15.4. The fraction of sp³-hybridized carbons (Fsp3) is 0.238. The summed E-state index contributed by atoms with van der Waals surface area (Å²) in [4.78, 5) is 17.9. The Balaban J connectivity index is 1.61. The molecule has 3 aromatic rings. The second-order valence-electron chi connectivity index (χ2n) is 6.06. The SMILES string of the molecule is CCOc1ccc(-c2nc(NC(=O)CCc3ccc(Cl)cc3)sc2C)cc1. The van der Waals surface area contributed by atoms with E-state index in [4.69, 9.17) is 16.3 Å². The third kappa shape index (κ3) is 5.31. The first-order chi connectivity index (χ1) is 13.0. The number of aryl methyl sites for hydroxylation is 2. The maximum absolute atomic E-state index is 12.2. The molecule has 0 aliphatic heterocycles. The Labute approximate surface area is 168 Å². The zero-order chi connectivity index (χ0) is 19.2. The number of benzene rings is 2. The van der Waals surface area contributed by atoms with E-state index < -0.39 is 0 Å². The predicted octanol–water partition coefficient (Wildman–Crippen LogP) is 5.74. The van der Waals surface area contributed by atoms with E-state index in [1.165, 1.54) is 11.3 Å². The number of carbonyl (C=O) groups excluding carboxylic acids is 1. The standard InChI is InChI=1S/C21H21ClN2O2S/c1-3-26-18-11-7-16(8-12-18)20-14(2)27-21(24-20)23-19(25)13-6-15-4-9-17(22)10-5-15/h4-5,7-12H,3,6,13H2,1-2H3,(H,23,24,25). The van der Waals surface area contributed by atoms with Gasteiger partial charge in [-0.1, -0.05) is 23.7 Å². The Bertz CT molecular complexity index is 905. The third-order valence-electron chi connectivity index (χ3n) is 4.04. The summed E-state index contributed by atoms with van der Waals surface area (Å²) in [6.45, 7) is 4.61. The summed E-state index contributed by atoms with van der Waals surface area (Å²) >= 11 is 7.36. The molecular weight excluding hydrogens is 380 g/mol. The molecule has 0 aliphatic rings. The number of nitrogens with one attached hydrogen (secondary N) is 1. The first-order valence-corrected chi connectivity index (χ1v) is 9.99. The Morgan fingerprint density at radius 3 is 2.52 bits per heavy atom. The molecule has 0 radical (unpaired) electrons. The molecule has 3 rings (SSSR count). The Kier molecular flexibility index (Phi) is 6.48. The van der Waals surface area contributed by atoms with Gasteiger partial charge < -0.3 is 10.1 Å². The Hall–Kier alpha value is -2.37. The number of hydrogen-bond acceptors (Lipinski definition) is 4. The van der Waals surface area contributed by atoms with Crippen LogP contribution in [0.2, 0.25) is 5.02 Å². The van der Waals surface area contributed by atoms with Crippen LogP contribution in [0.25, 0.3) is 11.3 Å². The van der Waals surface area contributed by atoms with Gasteiger partial charge in [-0.15, -0.1) is 11.3 Å². The van der Waals surface area contributed by atoms with Gasteiger partial charge in [0.25, 0.3) is 0 Å². The number of rotatable bonds is 7. The molecule has 0 saturated carbocycles. The van der Waals surface area contributed by atoms with E-state index in [0.29, 0.717) is 29.6 Å². The minimum atomic E-state index is -0.0445. The van der Waals surface area contributed by atoms with Gasteiger partial charge in [0.1, 0.15) is 5.75 Å². The number of carbonyl (C=O) groups is 1. The summed E-state index contributed by atoms with van der Waals surface area (Å²) < 4.78 is 5.47. The summed E-state index contributed by atoms with van der Waals surface area (Å²) in [6.07, 6.45) is 1.07. The van der Waals surface area contributed by atoms with E-state index >= 15 is 0 Å². The second kappa shape index (κ2) is 9.02. The zero-order valence-corrected chi connectivity index (χ0v) is 16.9. The number of aromatic nitrogens is 1. The molecule has 0 saturated heterocycles. The molecule has 0 aliphatic carbocycles. The van der Waals surface area contributed by atoms with Crippen LogP contribution in [0.5, 0.6) is 5.75 Å². The van der Waals surface area contributed by atoms with Crippen LogP contribution in [-0.2, 0) is 11.2 Å². The lowest BCUT2D eigenvalue weighted by atomic mass is 10.1. The van der Waals surface area contributed by atoms with Crippen LogP contribution < -0.4 is 10.1 Å². The molecule has 1 amide bonds. The van der Waals surface area contributed by atoms with Crippen molar-refractivity contribution in [2.45, 2.75) is 26.7 Å². The smallest absolute Gasteiger partial charge is 0.226 e. The molecule has 4 nitrogen and oxygen atoms in total. The van der Waals surface area contributed by atoms with Gasteiger partial charge in [0, 0.05) is 21.9 Å². The molecule has 2 aromatic carbocycles. The molecule has 0 atom stereocenters. The number of anilines is 1. The highest BCUT2D eigenvalue weighted by Gasteiger charge is 2.12. The van der Waals surface area contributed by atoms with Crippen LogP contribution in [0.4, 0.5) is 5.13 Å². The molecular formula is C21H21ClN2O2S. The van der Waals surface area contributed by atoms with Crippen molar-refractivity contribution in [2.75, 3.05) is 11.9 Å². The quantitative estimate of drug-likeness (QED) is 0.550. The van der Waals surface area contributed by atoms with Crippen molar-refractivity contribution in [2.24, 2.45) is 0 Å². The molecule has 27 heavy (non-hydrogen) atoms. The van der Waals surface area contributed by atoms with Gasteiger partial charge in [-0.25, -0.2) is 4.98 Å². The minimum absolute atomic E-state index is 0.0445. The van der Waals surface area contributed by atoms with Gasteiger partial charge >= 0.3 is 0 Å². The lowest BCUT2D eigenvalue weighted by Gasteiger charge is -2.04. The van der Waals surface area contributed by atoms with Crippen molar-refractivity contribution >= 4 is 34.0 Å². The van der Waals surface area contributed by atoms with E-state index in [-0.39, 0.29) is 5.91 Å². The van der Waals surface area contributed by atoms with Gasteiger partial charge in [-0.05, 0) is 62.2 Å². The monoisotopic (exact) mass is 400 g/mol. The van der Waals surface area contributed by atoms with E-state index in [0.717, 1.165) is 27.4 Å². The molecule has 0 unspecified atom stereocenters. The molecule has 1 aromatic heterocycles. The lowest BCUT2D eigenvalue weighted by molar-refractivity contribution is -0.116. The number of hydrogen-bond donors (Lipinski definition) is 1. The number of halogens is 1. The summed E-state index contributed by atoms with van der Waals surface area (Å²) in [5.74, 6) is 0.793. The van der Waals surface area contributed by atoms with Gasteiger partial charge in [0.05, 0.1) is 12.3 Å². The van der Waals surface area contributed by atoms with Crippen LogP contribution in [0.15, 0.2) is 48.5 Å². The topological polar surface area (TPSA) is 51.2 Å². The minimum Gasteiger partial charge on any atom is -0.494 e. The highest BCUT2D eigenvalue weighted by atomic mass is 35.5. The number of amides is 1. The van der Waals surface area contributed by atoms with Crippen LogP contribution in [0.3, 0.4) is 0 Å². The van der Waals surface area contributed by atoms with Crippen LogP contribution in [0.1, 0.15) is 23.8 Å². The van der Waals surface area contributed by atoms with Gasteiger partial charge in [0.2, 0.25) is 5.91 Å². The van der Waals surface area contributed by atoms with Crippen molar-refractivity contribution in [1.29, 1.82) is 0 Å². The van der Waals surface area contributed by atoms with Gasteiger partial charge in [-0.2, -0.15) is 0 Å². The molecule has 1 N–H and O–H groups in total. The average Bonchev–Trinajstić information content (AvgIpc) is 3.02. The first kappa shape index (κ1) is 19.4. The van der Waals surface area contributed by atoms with E-state index in [1.807, 2.05) is 62.4 Å². The maximum Gasteiger partial charge on any atom is 0.226 e. The molecule has 0 spiro atoms. The zero-order valence-electron chi connectivity index (χ0n) is 15.3. The van der Waals surface area contributed by atoms with Crippen LogP contribution >= 0.6 is 22.9 Å². The number of thiazole rings is 1. The van der Waals surface area contributed by atoms with Crippen molar-refractivity contribution in [3.8, 4) is 17.0 Å². The first-order valence-electron chi connectivity index (χ1n) is 8.80. The molecule has 6 heteroatoms. The van der Waals surface area contributed by atoms with Crippen molar-refractivity contribution < 1.29 is 9.53 Å². The fourth-order valence-electron chi connectivity index (χ4n) is 2.68. The average molecular weight is 401 g/mol. The fourth-order valence-corrected chi connectivity index (χ4v) is 3.66. The van der Waals surface area contributed by atoms with Gasteiger partial charge in [0.15, 0.2) is 5.13 Å². The van der Waals surface area contributed by atoms with E-state index in [2.05, 4.69) is 10.3 Å². The van der Waals surface area contributed by atoms with Crippen molar-refractivity contribution in [3.05, 3.63) is 64.0 Å². The van der Waals surface area contributed by atoms with E-state index in [9.17, 15) is 4.79 Å². The normalized spacial score (nSPS) is 10.6. The number of nitrogens with zero attached hydrogens (tertiary/aromatic N) is 1. The molecule has 0 bridgehead atoms. The Morgan fingerprint density at radius 2 is 1.85 bits per heavy atom. The largest absolute Gasteiger partial charge is 0.494 e. The van der Waals surface area contributed by atoms with Crippen LogP contribution in [-0.4, -0.2) is 17.5 Å². The summed E-state index contributed by atoms with van der Waals surface area (Å²) in [5, 5.41) is 4.22. The van der Waals surface area contributed by atoms with Crippen molar-refractivity contribution in [1.82, 2.24) is 4.98 Å². The molecule has 1 heterocycles. The predicted molar refractivity (Wildman–Crippen MR) is 112 cm³/mol.